The second kappa shape index (κ2) is 4.06. The van der Waals surface area contributed by atoms with Crippen LogP contribution in [0.2, 0.25) is 0 Å². The van der Waals surface area contributed by atoms with Crippen molar-refractivity contribution in [3.05, 3.63) is 18.1 Å². The molecule has 2 heterocycles. The number of rotatable bonds is 1. The molecular formula is C9H10N4O2S. The zero-order chi connectivity index (χ0) is 11.6. The van der Waals surface area contributed by atoms with Crippen LogP contribution in [0.5, 0.6) is 0 Å². The Balaban J connectivity index is 2.24. The van der Waals surface area contributed by atoms with Crippen LogP contribution in [0.1, 0.15) is 5.69 Å². The van der Waals surface area contributed by atoms with Crippen LogP contribution in [0, 0.1) is 11.3 Å². The molecule has 1 aromatic rings. The lowest BCUT2D eigenvalue weighted by molar-refractivity contribution is 0.586. The Morgan fingerprint density at radius 1 is 1.25 bits per heavy atom. The van der Waals surface area contributed by atoms with E-state index in [4.69, 9.17) is 5.26 Å². The molecule has 2 rings (SSSR count). The molecule has 0 N–H and O–H groups in total. The summed E-state index contributed by atoms with van der Waals surface area (Å²) in [6.45, 7) is 0.741. The lowest BCUT2D eigenvalue weighted by Gasteiger charge is -2.27. The van der Waals surface area contributed by atoms with Crippen LogP contribution in [0.15, 0.2) is 12.4 Å². The Labute approximate surface area is 93.5 Å². The summed E-state index contributed by atoms with van der Waals surface area (Å²) >= 11 is 0. The smallest absolute Gasteiger partial charge is 0.183 e. The van der Waals surface area contributed by atoms with Crippen LogP contribution in [0.3, 0.4) is 0 Å². The van der Waals surface area contributed by atoms with Gasteiger partial charge < -0.3 is 4.90 Å². The first-order valence-corrected chi connectivity index (χ1v) is 6.61. The third-order valence-corrected chi connectivity index (χ3v) is 4.04. The van der Waals surface area contributed by atoms with Crippen LogP contribution in [0.25, 0.3) is 0 Å². The second-order valence-electron chi connectivity index (χ2n) is 3.48. The summed E-state index contributed by atoms with van der Waals surface area (Å²) in [5, 5.41) is 8.85. The summed E-state index contributed by atoms with van der Waals surface area (Å²) in [4.78, 5) is 9.75. The molecule has 0 bridgehead atoms. The van der Waals surface area contributed by atoms with Crippen molar-refractivity contribution in [2.24, 2.45) is 0 Å². The normalized spacial score (nSPS) is 19.1. The van der Waals surface area contributed by atoms with Gasteiger partial charge in [0, 0.05) is 25.5 Å². The maximum atomic E-state index is 11.3. The molecule has 0 atom stereocenters. The minimum atomic E-state index is -2.92. The van der Waals surface area contributed by atoms with Crippen LogP contribution < -0.4 is 4.90 Å². The number of hydrogen-bond donors (Lipinski definition) is 0. The molecule has 0 unspecified atom stereocenters. The van der Waals surface area contributed by atoms with E-state index in [1.54, 1.807) is 4.90 Å². The number of nitriles is 1. The van der Waals surface area contributed by atoms with Crippen LogP contribution in [-0.2, 0) is 9.84 Å². The molecule has 1 saturated heterocycles. The fraction of sp³-hybridized carbons (Fsp3) is 0.444. The van der Waals surface area contributed by atoms with Crippen molar-refractivity contribution in [2.75, 3.05) is 29.5 Å². The van der Waals surface area contributed by atoms with Crippen molar-refractivity contribution in [1.82, 2.24) is 9.97 Å². The van der Waals surface area contributed by atoms with Gasteiger partial charge in [0.1, 0.15) is 6.07 Å². The lowest BCUT2D eigenvalue weighted by atomic mass is 10.4. The minimum absolute atomic E-state index is 0.106. The zero-order valence-electron chi connectivity index (χ0n) is 8.50. The number of anilines is 1. The van der Waals surface area contributed by atoms with Gasteiger partial charge in [0.25, 0.3) is 0 Å². The molecule has 84 valence electrons. The molecule has 0 aromatic carbocycles. The topological polar surface area (TPSA) is 86.9 Å². The van der Waals surface area contributed by atoms with Crippen molar-refractivity contribution in [3.63, 3.8) is 0 Å². The molecule has 16 heavy (non-hydrogen) atoms. The highest BCUT2D eigenvalue weighted by atomic mass is 32.2. The molecule has 0 radical (unpaired) electrons. The molecule has 6 nitrogen and oxygen atoms in total. The minimum Gasteiger partial charge on any atom is -0.352 e. The second-order valence-corrected chi connectivity index (χ2v) is 5.78. The van der Waals surface area contributed by atoms with Crippen LogP contribution in [-0.4, -0.2) is 43.0 Å². The maximum absolute atomic E-state index is 11.3. The van der Waals surface area contributed by atoms with Crippen molar-refractivity contribution in [3.8, 4) is 6.07 Å². The van der Waals surface area contributed by atoms with E-state index in [0.717, 1.165) is 0 Å². The van der Waals surface area contributed by atoms with Crippen LogP contribution >= 0.6 is 0 Å². The van der Waals surface area contributed by atoms with Crippen LogP contribution in [0.4, 0.5) is 5.82 Å². The van der Waals surface area contributed by atoms with Gasteiger partial charge in [-0.2, -0.15) is 5.26 Å². The Morgan fingerprint density at radius 2 is 1.88 bits per heavy atom. The SMILES string of the molecule is N#Cc1nccnc1N1CCS(=O)(=O)CC1. The zero-order valence-corrected chi connectivity index (χ0v) is 9.31. The lowest BCUT2D eigenvalue weighted by Crippen LogP contribution is -2.41. The summed E-state index contributed by atoms with van der Waals surface area (Å²) in [6, 6.07) is 1.95. The van der Waals surface area contributed by atoms with Gasteiger partial charge in [-0.25, -0.2) is 18.4 Å². The Hall–Kier alpha value is -1.68. The Kier molecular flexibility index (Phi) is 2.75. The Morgan fingerprint density at radius 3 is 2.50 bits per heavy atom. The van der Waals surface area contributed by atoms with Gasteiger partial charge in [0.15, 0.2) is 21.3 Å². The first kappa shape index (κ1) is 10.8. The molecule has 1 fully saturated rings. The molecular weight excluding hydrogens is 228 g/mol. The molecule has 0 spiro atoms. The van der Waals surface area contributed by atoms with Gasteiger partial charge in [0.2, 0.25) is 0 Å². The van der Waals surface area contributed by atoms with E-state index < -0.39 is 9.84 Å². The summed E-state index contributed by atoms with van der Waals surface area (Å²) in [6.07, 6.45) is 2.95. The van der Waals surface area contributed by atoms with Gasteiger partial charge in [-0.3, -0.25) is 0 Å². The summed E-state index contributed by atoms with van der Waals surface area (Å²) < 4.78 is 22.5. The van der Waals surface area contributed by atoms with E-state index in [2.05, 4.69) is 9.97 Å². The van der Waals surface area contributed by atoms with E-state index in [9.17, 15) is 8.42 Å². The van der Waals surface area contributed by atoms with E-state index in [1.165, 1.54) is 12.4 Å². The average molecular weight is 238 g/mol. The fourth-order valence-corrected chi connectivity index (χ4v) is 2.77. The van der Waals surface area contributed by atoms with Gasteiger partial charge in [-0.1, -0.05) is 0 Å². The van der Waals surface area contributed by atoms with Crippen molar-refractivity contribution >= 4 is 15.7 Å². The number of sulfone groups is 1. The monoisotopic (exact) mass is 238 g/mol. The molecule has 1 aromatic heterocycles. The predicted molar refractivity (Wildman–Crippen MR) is 57.6 cm³/mol. The van der Waals surface area contributed by atoms with Gasteiger partial charge in [-0.05, 0) is 0 Å². The highest BCUT2D eigenvalue weighted by Crippen LogP contribution is 2.16. The predicted octanol–water partition coefficient (Wildman–Crippen LogP) is -0.417. The first-order chi connectivity index (χ1) is 7.62. The van der Waals surface area contributed by atoms with E-state index in [-0.39, 0.29) is 17.2 Å². The van der Waals surface area contributed by atoms with Crippen molar-refractivity contribution in [2.45, 2.75) is 0 Å². The molecule has 0 aliphatic carbocycles. The highest BCUT2D eigenvalue weighted by Gasteiger charge is 2.24. The molecule has 0 saturated carbocycles. The molecule has 0 amide bonds. The summed E-state index contributed by atoms with van der Waals surface area (Å²) in [5.74, 6) is 0.683. The molecule has 7 heteroatoms. The third kappa shape index (κ3) is 2.12. The maximum Gasteiger partial charge on any atom is 0.183 e. The van der Waals surface area contributed by atoms with Crippen molar-refractivity contribution < 1.29 is 8.42 Å². The quantitative estimate of drug-likeness (QED) is 0.660. The summed E-state index contributed by atoms with van der Waals surface area (Å²) in [7, 11) is -2.92. The van der Waals surface area contributed by atoms with E-state index >= 15 is 0 Å². The number of hydrogen-bond acceptors (Lipinski definition) is 6. The van der Waals surface area contributed by atoms with Gasteiger partial charge >= 0.3 is 0 Å². The molecule has 1 aliphatic heterocycles. The third-order valence-electron chi connectivity index (χ3n) is 2.43. The Bertz CT molecular complexity index is 521. The first-order valence-electron chi connectivity index (χ1n) is 4.79. The fourth-order valence-electron chi connectivity index (χ4n) is 1.57. The number of aromatic nitrogens is 2. The standard InChI is InChI=1S/C9H10N4O2S/c10-7-8-9(12-2-1-11-8)13-3-5-16(14,15)6-4-13/h1-2H,3-6H2. The highest BCUT2D eigenvalue weighted by molar-refractivity contribution is 7.91. The molecule has 1 aliphatic rings. The summed E-state index contributed by atoms with van der Waals surface area (Å²) in [5.41, 5.74) is 0.238. The number of nitrogens with zero attached hydrogens (tertiary/aromatic N) is 4. The van der Waals surface area contributed by atoms with Crippen molar-refractivity contribution in [1.29, 1.82) is 5.26 Å². The van der Waals surface area contributed by atoms with Gasteiger partial charge in [-0.15, -0.1) is 0 Å². The van der Waals surface area contributed by atoms with Gasteiger partial charge in [0.05, 0.1) is 11.5 Å². The largest absolute Gasteiger partial charge is 0.352 e. The van der Waals surface area contributed by atoms with E-state index in [0.29, 0.717) is 18.9 Å². The van der Waals surface area contributed by atoms with E-state index in [1.807, 2.05) is 6.07 Å². The average Bonchev–Trinajstić information content (AvgIpc) is 2.29.